The second-order valence-corrected chi connectivity index (χ2v) is 14.0. The van der Waals surface area contributed by atoms with Gasteiger partial charge in [-0.05, 0) is 108 Å². The number of para-hydroxylation sites is 3. The van der Waals surface area contributed by atoms with Crippen molar-refractivity contribution in [2.75, 3.05) is 4.90 Å². The van der Waals surface area contributed by atoms with Crippen molar-refractivity contribution < 1.29 is 0 Å². The molecule has 2 aliphatic rings. The highest BCUT2D eigenvalue weighted by Crippen LogP contribution is 2.49. The Kier molecular flexibility index (Phi) is 7.31. The summed E-state index contributed by atoms with van der Waals surface area (Å²) >= 11 is 12.5. The molecule has 52 heavy (non-hydrogen) atoms. The Hall–Kier alpha value is -6.01. The van der Waals surface area contributed by atoms with Gasteiger partial charge in [-0.2, -0.15) is 9.97 Å². The predicted molar refractivity (Wildman–Crippen MR) is 214 cm³/mol. The van der Waals surface area contributed by atoms with Gasteiger partial charge in [0.15, 0.2) is 11.6 Å². The summed E-state index contributed by atoms with van der Waals surface area (Å²) in [6.45, 7) is 0. The summed E-state index contributed by atoms with van der Waals surface area (Å²) in [5, 5.41) is 3.56. The fourth-order valence-corrected chi connectivity index (χ4v) is 7.93. The lowest BCUT2D eigenvalue weighted by Crippen LogP contribution is -2.27. The maximum absolute atomic E-state index is 6.27. The summed E-state index contributed by atoms with van der Waals surface area (Å²) in [6.07, 6.45) is 5.66. The molecule has 0 saturated heterocycles. The number of allylic oxidation sites excluding steroid dienone is 2. The van der Waals surface area contributed by atoms with Gasteiger partial charge in [-0.15, -0.1) is 0 Å². The Labute approximate surface area is 310 Å². The number of fused-ring (bicyclic) bond motifs is 6. The van der Waals surface area contributed by atoms with Gasteiger partial charge < -0.3 is 4.90 Å². The molecule has 5 nitrogen and oxygen atoms in total. The van der Waals surface area contributed by atoms with Crippen molar-refractivity contribution in [3.8, 4) is 28.7 Å². The summed E-state index contributed by atoms with van der Waals surface area (Å²) in [5.74, 6) is 1.65. The molecule has 2 aromatic heterocycles. The van der Waals surface area contributed by atoms with Crippen LogP contribution in [0.5, 0.6) is 0 Å². The number of hydrogen-bond donors (Lipinski definition) is 0. The number of aromatic nitrogens is 4. The van der Waals surface area contributed by atoms with E-state index in [0.717, 1.165) is 44.9 Å². The monoisotopic (exact) mass is 709 g/mol. The molecule has 0 N–H and O–H groups in total. The molecule has 248 valence electrons. The van der Waals surface area contributed by atoms with Gasteiger partial charge in [-0.1, -0.05) is 96.0 Å². The van der Waals surface area contributed by atoms with Crippen molar-refractivity contribution >= 4 is 67.5 Å². The Balaban J connectivity index is 1.14. The predicted octanol–water partition coefficient (Wildman–Crippen LogP) is 12.0. The summed E-state index contributed by atoms with van der Waals surface area (Å²) in [4.78, 5) is 17.6. The van der Waals surface area contributed by atoms with Crippen LogP contribution in [0.4, 0.5) is 11.4 Å². The van der Waals surface area contributed by atoms with E-state index in [9.17, 15) is 0 Å². The highest BCUT2D eigenvalue weighted by atomic mass is 35.5. The van der Waals surface area contributed by atoms with E-state index < -0.39 is 0 Å². The third-order valence-corrected chi connectivity index (χ3v) is 10.6. The van der Waals surface area contributed by atoms with Crippen molar-refractivity contribution in [1.82, 2.24) is 19.5 Å². The third kappa shape index (κ3) is 5.12. The van der Waals surface area contributed by atoms with Gasteiger partial charge in [0.2, 0.25) is 5.95 Å². The van der Waals surface area contributed by atoms with Crippen LogP contribution in [0.2, 0.25) is 10.0 Å². The largest absolute Gasteiger partial charge is 0.333 e. The molecule has 1 aliphatic heterocycles. The zero-order valence-corrected chi connectivity index (χ0v) is 29.3. The highest BCUT2D eigenvalue weighted by molar-refractivity contribution is 6.31. The van der Waals surface area contributed by atoms with Crippen molar-refractivity contribution in [2.24, 2.45) is 0 Å². The van der Waals surface area contributed by atoms with E-state index in [2.05, 4.69) is 119 Å². The zero-order chi connectivity index (χ0) is 34.8. The Morgan fingerprint density at radius 3 is 1.90 bits per heavy atom. The molecule has 0 radical (unpaired) electrons. The molecule has 7 heteroatoms. The minimum Gasteiger partial charge on any atom is -0.333 e. The average Bonchev–Trinajstić information content (AvgIpc) is 3.71. The Morgan fingerprint density at radius 1 is 0.558 bits per heavy atom. The van der Waals surface area contributed by atoms with E-state index in [4.69, 9.17) is 38.2 Å². The van der Waals surface area contributed by atoms with Gasteiger partial charge in [-0.25, -0.2) is 4.98 Å². The summed E-state index contributed by atoms with van der Waals surface area (Å²) in [7, 11) is 0. The molecule has 0 spiro atoms. The van der Waals surface area contributed by atoms with Gasteiger partial charge in [-0.3, -0.25) is 4.57 Å². The molecule has 0 saturated carbocycles. The van der Waals surface area contributed by atoms with Crippen LogP contribution in [0.25, 0.3) is 61.7 Å². The molecule has 1 aliphatic carbocycles. The molecular formula is C45H29Cl2N5. The molecule has 1 atom stereocenters. The maximum atomic E-state index is 6.27. The standard InChI is InChI=1S/C45H29Cl2N5/c46-32-20-14-28(15-21-32)43-48-44(29-16-22-33(47)23-17-29)50-45(49-43)52-40-13-7-4-10-35(40)37-24-18-31(27-42(37)52)30-19-25-41-38(26-30)36-11-5-6-12-39(36)51(41)34-8-2-1-3-9-34/h1-24,26-27,41H,25H2. The lowest BCUT2D eigenvalue weighted by molar-refractivity contribution is 0.831. The number of nitrogens with zero attached hydrogens (tertiary/aromatic N) is 5. The van der Waals surface area contributed by atoms with Crippen LogP contribution in [0, 0.1) is 0 Å². The number of hydrogen-bond acceptors (Lipinski definition) is 4. The molecular weight excluding hydrogens is 681 g/mol. The van der Waals surface area contributed by atoms with Crippen LogP contribution >= 0.6 is 23.2 Å². The smallest absolute Gasteiger partial charge is 0.238 e. The fraction of sp³-hybridized carbons (Fsp3) is 0.0444. The minimum atomic E-state index is 0.238. The summed E-state index contributed by atoms with van der Waals surface area (Å²) in [5.41, 5.74) is 11.2. The van der Waals surface area contributed by atoms with Gasteiger partial charge in [0.1, 0.15) is 0 Å². The first-order chi connectivity index (χ1) is 25.6. The van der Waals surface area contributed by atoms with Crippen molar-refractivity contribution in [3.05, 3.63) is 179 Å². The van der Waals surface area contributed by atoms with E-state index in [1.807, 2.05) is 48.5 Å². The number of benzene rings is 6. The Morgan fingerprint density at radius 2 is 1.17 bits per heavy atom. The SMILES string of the molecule is Clc1ccc(-c2nc(-c3ccc(Cl)cc3)nc(-n3c4ccccc4c4ccc(C5=CCC6C(=C5)c5ccccc5N6c5ccccc5)cc43)n2)cc1. The van der Waals surface area contributed by atoms with E-state index in [-0.39, 0.29) is 6.04 Å². The summed E-state index contributed by atoms with van der Waals surface area (Å²) in [6, 6.07) is 50.0. The molecule has 0 bridgehead atoms. The quantitative estimate of drug-likeness (QED) is 0.178. The lowest BCUT2D eigenvalue weighted by Gasteiger charge is -2.29. The topological polar surface area (TPSA) is 46.8 Å². The third-order valence-electron chi connectivity index (χ3n) is 10.1. The lowest BCUT2D eigenvalue weighted by atomic mass is 9.89. The van der Waals surface area contributed by atoms with Crippen LogP contribution in [-0.4, -0.2) is 25.6 Å². The molecule has 0 amide bonds. The van der Waals surface area contributed by atoms with E-state index in [1.54, 1.807) is 0 Å². The normalized spacial score (nSPS) is 15.0. The van der Waals surface area contributed by atoms with Gasteiger partial charge in [0.05, 0.1) is 17.1 Å². The van der Waals surface area contributed by atoms with Crippen molar-refractivity contribution in [3.63, 3.8) is 0 Å². The van der Waals surface area contributed by atoms with E-state index >= 15 is 0 Å². The van der Waals surface area contributed by atoms with E-state index in [0.29, 0.717) is 27.6 Å². The summed E-state index contributed by atoms with van der Waals surface area (Å²) < 4.78 is 2.16. The number of anilines is 2. The minimum absolute atomic E-state index is 0.238. The van der Waals surface area contributed by atoms with Crippen LogP contribution in [0.3, 0.4) is 0 Å². The molecule has 8 aromatic rings. The first-order valence-corrected chi connectivity index (χ1v) is 18.0. The van der Waals surface area contributed by atoms with Crippen LogP contribution in [0.15, 0.2) is 158 Å². The second-order valence-electron chi connectivity index (χ2n) is 13.1. The van der Waals surface area contributed by atoms with Crippen molar-refractivity contribution in [1.29, 1.82) is 0 Å². The number of rotatable bonds is 5. The molecule has 10 rings (SSSR count). The second kappa shape index (κ2) is 12.3. The first-order valence-electron chi connectivity index (χ1n) is 17.3. The van der Waals surface area contributed by atoms with E-state index in [1.165, 1.54) is 28.1 Å². The van der Waals surface area contributed by atoms with Crippen LogP contribution in [-0.2, 0) is 0 Å². The van der Waals surface area contributed by atoms with Crippen LogP contribution in [0.1, 0.15) is 17.5 Å². The van der Waals surface area contributed by atoms with Gasteiger partial charge in [0.25, 0.3) is 0 Å². The zero-order valence-electron chi connectivity index (χ0n) is 27.8. The average molecular weight is 711 g/mol. The number of halogens is 2. The maximum Gasteiger partial charge on any atom is 0.238 e. The van der Waals surface area contributed by atoms with Crippen molar-refractivity contribution in [2.45, 2.75) is 12.5 Å². The van der Waals surface area contributed by atoms with Gasteiger partial charge in [0, 0.05) is 48.9 Å². The molecule has 6 aromatic carbocycles. The fourth-order valence-electron chi connectivity index (χ4n) is 7.68. The van der Waals surface area contributed by atoms with Crippen LogP contribution < -0.4 is 4.90 Å². The molecule has 3 heterocycles. The highest BCUT2D eigenvalue weighted by Gasteiger charge is 2.35. The van der Waals surface area contributed by atoms with Gasteiger partial charge >= 0.3 is 0 Å². The molecule has 0 fully saturated rings. The molecule has 1 unspecified atom stereocenters. The Bertz CT molecular complexity index is 2670. The first kappa shape index (κ1) is 30.8.